The molecule has 2 unspecified atom stereocenters. The Labute approximate surface area is 131 Å². The fourth-order valence-corrected chi connectivity index (χ4v) is 2.96. The van der Waals surface area contributed by atoms with E-state index in [0.29, 0.717) is 6.61 Å². The van der Waals surface area contributed by atoms with E-state index in [0.717, 1.165) is 56.8 Å². The monoisotopic (exact) mass is 304 g/mol. The molecule has 0 aromatic heterocycles. The fourth-order valence-electron chi connectivity index (χ4n) is 2.96. The van der Waals surface area contributed by atoms with Crippen molar-refractivity contribution in [1.82, 2.24) is 5.32 Å². The lowest BCUT2D eigenvalue weighted by Crippen LogP contribution is -2.37. The Hall–Kier alpha value is -1.59. The summed E-state index contributed by atoms with van der Waals surface area (Å²) < 4.78 is 11.4. The Bertz CT molecular complexity index is 494. The maximum Gasteiger partial charge on any atom is 0.228 e. The molecular formula is C17H24N2O3. The van der Waals surface area contributed by atoms with Crippen LogP contribution in [0.1, 0.15) is 25.7 Å². The van der Waals surface area contributed by atoms with Crippen molar-refractivity contribution >= 4 is 11.6 Å². The van der Waals surface area contributed by atoms with Gasteiger partial charge in [0, 0.05) is 13.2 Å². The lowest BCUT2D eigenvalue weighted by molar-refractivity contribution is -0.120. The molecule has 2 heterocycles. The van der Waals surface area contributed by atoms with Crippen molar-refractivity contribution in [3.05, 3.63) is 24.3 Å². The van der Waals surface area contributed by atoms with Gasteiger partial charge in [-0.15, -0.1) is 0 Å². The van der Waals surface area contributed by atoms with Crippen LogP contribution in [0.15, 0.2) is 24.3 Å². The summed E-state index contributed by atoms with van der Waals surface area (Å²) in [5, 5.41) is 6.28. The van der Waals surface area contributed by atoms with Gasteiger partial charge in [-0.25, -0.2) is 0 Å². The summed E-state index contributed by atoms with van der Waals surface area (Å²) in [4.78, 5) is 12.3. The average molecular weight is 304 g/mol. The number of nitrogens with one attached hydrogen (secondary N) is 2. The Morgan fingerprint density at radius 3 is 3.00 bits per heavy atom. The smallest absolute Gasteiger partial charge is 0.228 e. The second-order valence-electron chi connectivity index (χ2n) is 5.97. The molecule has 2 aliphatic heterocycles. The molecule has 2 aliphatic rings. The van der Waals surface area contributed by atoms with Crippen LogP contribution < -0.4 is 15.4 Å². The number of carbonyl (C=O) groups excluding carboxylic acids is 1. The molecular weight excluding hydrogens is 280 g/mol. The molecule has 120 valence electrons. The van der Waals surface area contributed by atoms with Crippen LogP contribution in [0.25, 0.3) is 0 Å². The zero-order chi connectivity index (χ0) is 15.2. The number of carbonyl (C=O) groups is 1. The first-order valence-electron chi connectivity index (χ1n) is 8.18. The minimum absolute atomic E-state index is 0.0416. The highest BCUT2D eigenvalue weighted by Gasteiger charge is 2.22. The lowest BCUT2D eigenvalue weighted by atomic mass is 9.99. The predicted octanol–water partition coefficient (Wildman–Crippen LogP) is 2.18. The van der Waals surface area contributed by atoms with Crippen molar-refractivity contribution in [2.45, 2.75) is 31.8 Å². The highest BCUT2D eigenvalue weighted by atomic mass is 16.5. The first-order valence-corrected chi connectivity index (χ1v) is 8.18. The Morgan fingerprint density at radius 2 is 2.23 bits per heavy atom. The van der Waals surface area contributed by atoms with E-state index in [1.54, 1.807) is 0 Å². The van der Waals surface area contributed by atoms with Gasteiger partial charge in [0.1, 0.15) is 12.4 Å². The zero-order valence-electron chi connectivity index (χ0n) is 12.8. The third-order valence-corrected chi connectivity index (χ3v) is 4.26. The molecule has 0 spiro atoms. The van der Waals surface area contributed by atoms with E-state index in [1.165, 1.54) is 0 Å². The number of benzene rings is 1. The quantitative estimate of drug-likeness (QED) is 0.875. The second kappa shape index (κ2) is 7.61. The van der Waals surface area contributed by atoms with E-state index < -0.39 is 0 Å². The van der Waals surface area contributed by atoms with Gasteiger partial charge in [-0.2, -0.15) is 0 Å². The Morgan fingerprint density at radius 1 is 1.32 bits per heavy atom. The summed E-state index contributed by atoms with van der Waals surface area (Å²) in [6.45, 7) is 3.12. The van der Waals surface area contributed by atoms with Gasteiger partial charge in [-0.1, -0.05) is 12.1 Å². The normalized spacial score (nSPS) is 24.9. The Balaban J connectivity index is 1.58. The highest BCUT2D eigenvalue weighted by molar-refractivity contribution is 5.94. The van der Waals surface area contributed by atoms with E-state index in [1.807, 2.05) is 24.3 Å². The molecule has 1 aromatic rings. The molecule has 2 fully saturated rings. The van der Waals surface area contributed by atoms with Crippen molar-refractivity contribution in [3.63, 3.8) is 0 Å². The minimum Gasteiger partial charge on any atom is -0.489 e. The number of hydrogen-bond acceptors (Lipinski definition) is 4. The first kappa shape index (κ1) is 15.3. The summed E-state index contributed by atoms with van der Waals surface area (Å²) in [5.74, 6) is 0.829. The largest absolute Gasteiger partial charge is 0.489 e. The van der Waals surface area contributed by atoms with Crippen LogP contribution in [0.3, 0.4) is 0 Å². The van der Waals surface area contributed by atoms with E-state index in [9.17, 15) is 4.79 Å². The molecule has 0 bridgehead atoms. The summed E-state index contributed by atoms with van der Waals surface area (Å²) in [5.41, 5.74) is 0.746. The molecule has 3 rings (SSSR count). The Kier molecular flexibility index (Phi) is 5.29. The van der Waals surface area contributed by atoms with Crippen LogP contribution in [-0.2, 0) is 9.53 Å². The van der Waals surface area contributed by atoms with Gasteiger partial charge in [-0.05, 0) is 44.4 Å². The SMILES string of the molecule is O=C(Nc1ccccc1OCC1CCCO1)C1CCCNC1. The molecule has 2 atom stereocenters. The molecule has 22 heavy (non-hydrogen) atoms. The van der Waals surface area contributed by atoms with Crippen LogP contribution in [0.4, 0.5) is 5.69 Å². The number of para-hydroxylation sites is 2. The van der Waals surface area contributed by atoms with Gasteiger partial charge in [0.15, 0.2) is 0 Å². The summed E-state index contributed by atoms with van der Waals surface area (Å²) in [7, 11) is 0. The van der Waals surface area contributed by atoms with Gasteiger partial charge in [0.2, 0.25) is 5.91 Å². The van der Waals surface area contributed by atoms with Gasteiger partial charge in [-0.3, -0.25) is 4.79 Å². The average Bonchev–Trinajstić information content (AvgIpc) is 3.08. The molecule has 1 aromatic carbocycles. The molecule has 5 heteroatoms. The standard InChI is InChI=1S/C17H24N2O3/c20-17(13-5-3-9-18-11-13)19-15-7-1-2-8-16(15)22-12-14-6-4-10-21-14/h1-2,7-8,13-14,18H,3-6,9-12H2,(H,19,20). The number of amides is 1. The van der Waals surface area contributed by atoms with Crippen molar-refractivity contribution < 1.29 is 14.3 Å². The third kappa shape index (κ3) is 3.99. The van der Waals surface area contributed by atoms with E-state index in [4.69, 9.17) is 9.47 Å². The first-order chi connectivity index (χ1) is 10.8. The number of anilines is 1. The third-order valence-electron chi connectivity index (χ3n) is 4.26. The maximum atomic E-state index is 12.3. The number of ether oxygens (including phenoxy) is 2. The van der Waals surface area contributed by atoms with Crippen molar-refractivity contribution in [2.75, 3.05) is 31.6 Å². The van der Waals surface area contributed by atoms with Crippen molar-refractivity contribution in [3.8, 4) is 5.75 Å². The van der Waals surface area contributed by atoms with Crippen molar-refractivity contribution in [2.24, 2.45) is 5.92 Å². The van der Waals surface area contributed by atoms with Gasteiger partial charge in [0.05, 0.1) is 17.7 Å². The number of hydrogen-bond donors (Lipinski definition) is 2. The molecule has 0 radical (unpaired) electrons. The zero-order valence-corrected chi connectivity index (χ0v) is 12.8. The van der Waals surface area contributed by atoms with E-state index >= 15 is 0 Å². The van der Waals surface area contributed by atoms with Gasteiger partial charge < -0.3 is 20.1 Å². The summed E-state index contributed by atoms with van der Waals surface area (Å²) in [6.07, 6.45) is 4.31. The number of piperidine rings is 1. The summed E-state index contributed by atoms with van der Waals surface area (Å²) >= 11 is 0. The molecule has 1 amide bonds. The van der Waals surface area contributed by atoms with E-state index in [2.05, 4.69) is 10.6 Å². The molecule has 2 N–H and O–H groups in total. The topological polar surface area (TPSA) is 59.6 Å². The van der Waals surface area contributed by atoms with Crippen LogP contribution in [0, 0.1) is 5.92 Å². The second-order valence-corrected chi connectivity index (χ2v) is 5.97. The molecule has 0 saturated carbocycles. The highest BCUT2D eigenvalue weighted by Crippen LogP contribution is 2.26. The van der Waals surface area contributed by atoms with Gasteiger partial charge >= 0.3 is 0 Å². The lowest BCUT2D eigenvalue weighted by Gasteiger charge is -2.22. The van der Waals surface area contributed by atoms with Crippen LogP contribution in [0.5, 0.6) is 5.75 Å². The van der Waals surface area contributed by atoms with Crippen molar-refractivity contribution in [1.29, 1.82) is 0 Å². The van der Waals surface area contributed by atoms with Crippen LogP contribution >= 0.6 is 0 Å². The predicted molar refractivity (Wildman–Crippen MR) is 85.1 cm³/mol. The van der Waals surface area contributed by atoms with E-state index in [-0.39, 0.29) is 17.9 Å². The molecule has 2 saturated heterocycles. The van der Waals surface area contributed by atoms with Gasteiger partial charge in [0.25, 0.3) is 0 Å². The molecule has 0 aliphatic carbocycles. The fraction of sp³-hybridized carbons (Fsp3) is 0.588. The van der Waals surface area contributed by atoms with Crippen LogP contribution in [0.2, 0.25) is 0 Å². The number of rotatable bonds is 5. The summed E-state index contributed by atoms with van der Waals surface area (Å²) in [6, 6.07) is 7.61. The van der Waals surface area contributed by atoms with Crippen LogP contribution in [-0.4, -0.2) is 38.3 Å². The molecule has 5 nitrogen and oxygen atoms in total. The minimum atomic E-state index is 0.0416. The maximum absolute atomic E-state index is 12.3.